The second kappa shape index (κ2) is 6.65. The molecule has 0 atom stereocenters. The number of nitrogens with zero attached hydrogens (tertiary/aromatic N) is 1. The average Bonchev–Trinajstić information content (AvgIpc) is 3.09. The molecule has 2 aromatic carbocycles. The summed E-state index contributed by atoms with van der Waals surface area (Å²) in [7, 11) is 0. The lowest BCUT2D eigenvalue weighted by Crippen LogP contribution is -2.27. The van der Waals surface area contributed by atoms with Gasteiger partial charge < -0.3 is 10.2 Å². The zero-order valence-electron chi connectivity index (χ0n) is 13.2. The number of hydrogen-bond acceptors (Lipinski definition) is 2. The molecule has 118 valence electrons. The van der Waals surface area contributed by atoms with Gasteiger partial charge in [0.1, 0.15) is 0 Å². The Hall–Kier alpha value is -2.62. The van der Waals surface area contributed by atoms with Crippen molar-refractivity contribution in [2.75, 3.05) is 18.4 Å². The van der Waals surface area contributed by atoms with Crippen molar-refractivity contribution in [3.8, 4) is 0 Å². The van der Waals surface area contributed by atoms with Gasteiger partial charge in [0, 0.05) is 29.9 Å². The van der Waals surface area contributed by atoms with Crippen LogP contribution in [0.1, 0.15) is 39.1 Å². The summed E-state index contributed by atoms with van der Waals surface area (Å²) < 4.78 is 0. The lowest BCUT2D eigenvalue weighted by molar-refractivity contribution is 0.0793. The van der Waals surface area contributed by atoms with Gasteiger partial charge in [0.25, 0.3) is 11.8 Å². The van der Waals surface area contributed by atoms with Crippen molar-refractivity contribution in [2.45, 2.75) is 19.8 Å². The molecule has 0 unspecified atom stereocenters. The van der Waals surface area contributed by atoms with Crippen LogP contribution in [0.5, 0.6) is 0 Å². The summed E-state index contributed by atoms with van der Waals surface area (Å²) in [6.07, 6.45) is 2.11. The molecule has 3 rings (SSSR count). The Balaban J connectivity index is 1.76. The Labute approximate surface area is 136 Å². The number of likely N-dealkylation sites (tertiary alicyclic amines) is 1. The van der Waals surface area contributed by atoms with Crippen LogP contribution < -0.4 is 5.32 Å². The Kier molecular flexibility index (Phi) is 4.42. The molecule has 0 saturated carbocycles. The van der Waals surface area contributed by atoms with Gasteiger partial charge in [-0.15, -0.1) is 0 Å². The van der Waals surface area contributed by atoms with Crippen molar-refractivity contribution >= 4 is 17.5 Å². The standard InChI is InChI=1S/C19H20N2O2/c1-14-6-4-9-17(12-14)20-18(22)15-7-5-8-16(13-15)19(23)21-10-2-3-11-21/h4-9,12-13H,2-3,10-11H2,1H3,(H,20,22). The summed E-state index contributed by atoms with van der Waals surface area (Å²) in [5, 5.41) is 2.87. The van der Waals surface area contributed by atoms with E-state index in [9.17, 15) is 9.59 Å². The fourth-order valence-corrected chi connectivity index (χ4v) is 2.82. The van der Waals surface area contributed by atoms with Crippen LogP contribution in [0.2, 0.25) is 0 Å². The van der Waals surface area contributed by atoms with E-state index in [2.05, 4.69) is 5.32 Å². The normalized spacial score (nSPS) is 13.9. The predicted octanol–water partition coefficient (Wildman–Crippen LogP) is 3.48. The van der Waals surface area contributed by atoms with Crippen LogP contribution in [-0.2, 0) is 0 Å². The largest absolute Gasteiger partial charge is 0.339 e. The molecule has 0 radical (unpaired) electrons. The second-order valence-corrected chi connectivity index (χ2v) is 5.90. The number of hydrogen-bond donors (Lipinski definition) is 1. The van der Waals surface area contributed by atoms with Gasteiger partial charge in [-0.2, -0.15) is 0 Å². The number of benzene rings is 2. The van der Waals surface area contributed by atoms with Gasteiger partial charge in [-0.1, -0.05) is 18.2 Å². The SMILES string of the molecule is Cc1cccc(NC(=O)c2cccc(C(=O)N3CCCC3)c2)c1. The number of carbonyl (C=O) groups is 2. The molecule has 1 aliphatic rings. The van der Waals surface area contributed by atoms with E-state index in [4.69, 9.17) is 0 Å². The lowest BCUT2D eigenvalue weighted by atomic mass is 10.1. The number of carbonyl (C=O) groups excluding carboxylic acids is 2. The molecule has 1 heterocycles. The highest BCUT2D eigenvalue weighted by Crippen LogP contribution is 2.16. The molecule has 23 heavy (non-hydrogen) atoms. The van der Waals surface area contributed by atoms with E-state index in [-0.39, 0.29) is 11.8 Å². The summed E-state index contributed by atoms with van der Waals surface area (Å²) in [4.78, 5) is 26.6. The van der Waals surface area contributed by atoms with E-state index >= 15 is 0 Å². The zero-order chi connectivity index (χ0) is 16.2. The van der Waals surface area contributed by atoms with Crippen LogP contribution in [0, 0.1) is 6.92 Å². The summed E-state index contributed by atoms with van der Waals surface area (Å²) in [5.74, 6) is -0.195. The number of nitrogens with one attached hydrogen (secondary N) is 1. The molecule has 1 aliphatic heterocycles. The summed E-state index contributed by atoms with van der Waals surface area (Å²) in [5.41, 5.74) is 2.91. The summed E-state index contributed by atoms with van der Waals surface area (Å²) >= 11 is 0. The quantitative estimate of drug-likeness (QED) is 0.943. The van der Waals surface area contributed by atoms with Gasteiger partial charge in [0.2, 0.25) is 0 Å². The van der Waals surface area contributed by atoms with Crippen LogP contribution in [-0.4, -0.2) is 29.8 Å². The highest BCUT2D eigenvalue weighted by atomic mass is 16.2. The Morgan fingerprint density at radius 2 is 1.65 bits per heavy atom. The molecule has 0 aromatic heterocycles. The Morgan fingerprint density at radius 3 is 2.39 bits per heavy atom. The van der Waals surface area contributed by atoms with Crippen molar-refractivity contribution in [1.29, 1.82) is 0 Å². The van der Waals surface area contributed by atoms with Crippen LogP contribution in [0.4, 0.5) is 5.69 Å². The van der Waals surface area contributed by atoms with Gasteiger partial charge >= 0.3 is 0 Å². The first kappa shape index (κ1) is 15.3. The highest BCUT2D eigenvalue weighted by Gasteiger charge is 2.20. The second-order valence-electron chi connectivity index (χ2n) is 5.90. The minimum atomic E-state index is -0.202. The molecule has 2 amide bonds. The average molecular weight is 308 g/mol. The van der Waals surface area contributed by atoms with Crippen LogP contribution in [0.3, 0.4) is 0 Å². The number of amides is 2. The van der Waals surface area contributed by atoms with Crippen molar-refractivity contribution < 1.29 is 9.59 Å². The fourth-order valence-electron chi connectivity index (χ4n) is 2.82. The van der Waals surface area contributed by atoms with E-state index in [1.165, 1.54) is 0 Å². The van der Waals surface area contributed by atoms with Gasteiger partial charge in [0.15, 0.2) is 0 Å². The third kappa shape index (κ3) is 3.59. The first-order valence-electron chi connectivity index (χ1n) is 7.91. The zero-order valence-corrected chi connectivity index (χ0v) is 13.2. The molecule has 0 aliphatic carbocycles. The minimum Gasteiger partial charge on any atom is -0.339 e. The van der Waals surface area contributed by atoms with Gasteiger partial charge in [-0.05, 0) is 55.7 Å². The van der Waals surface area contributed by atoms with Crippen molar-refractivity contribution in [3.05, 3.63) is 65.2 Å². The Bertz CT molecular complexity index is 734. The number of rotatable bonds is 3. The highest BCUT2D eigenvalue weighted by molar-refractivity contribution is 6.06. The molecule has 1 saturated heterocycles. The topological polar surface area (TPSA) is 49.4 Å². The monoisotopic (exact) mass is 308 g/mol. The molecule has 0 spiro atoms. The maximum Gasteiger partial charge on any atom is 0.255 e. The van der Waals surface area contributed by atoms with E-state index < -0.39 is 0 Å². The van der Waals surface area contributed by atoms with Gasteiger partial charge in [0.05, 0.1) is 0 Å². The molecule has 4 nitrogen and oxygen atoms in total. The number of anilines is 1. The van der Waals surface area contributed by atoms with Crippen molar-refractivity contribution in [1.82, 2.24) is 4.90 Å². The first-order chi connectivity index (χ1) is 11.1. The van der Waals surface area contributed by atoms with E-state index in [0.29, 0.717) is 11.1 Å². The van der Waals surface area contributed by atoms with Gasteiger partial charge in [-0.3, -0.25) is 9.59 Å². The molecule has 1 fully saturated rings. The third-order valence-electron chi connectivity index (χ3n) is 4.04. The Morgan fingerprint density at radius 1 is 0.957 bits per heavy atom. The summed E-state index contributed by atoms with van der Waals surface area (Å²) in [6.45, 7) is 3.59. The molecular weight excluding hydrogens is 288 g/mol. The van der Waals surface area contributed by atoms with Crippen molar-refractivity contribution in [2.24, 2.45) is 0 Å². The molecule has 0 bridgehead atoms. The molecular formula is C19H20N2O2. The van der Waals surface area contributed by atoms with E-state index in [1.807, 2.05) is 36.1 Å². The predicted molar refractivity (Wildman–Crippen MR) is 90.7 cm³/mol. The maximum atomic E-state index is 12.4. The molecule has 4 heteroatoms. The fraction of sp³-hybridized carbons (Fsp3) is 0.263. The maximum absolute atomic E-state index is 12.4. The first-order valence-corrected chi connectivity index (χ1v) is 7.91. The smallest absolute Gasteiger partial charge is 0.255 e. The third-order valence-corrected chi connectivity index (χ3v) is 4.04. The minimum absolute atomic E-state index is 0.00713. The van der Waals surface area contributed by atoms with Crippen LogP contribution in [0.25, 0.3) is 0 Å². The number of aryl methyl sites for hydroxylation is 1. The van der Waals surface area contributed by atoms with E-state index in [0.717, 1.165) is 37.2 Å². The van der Waals surface area contributed by atoms with Crippen LogP contribution in [0.15, 0.2) is 48.5 Å². The van der Waals surface area contributed by atoms with Crippen molar-refractivity contribution in [3.63, 3.8) is 0 Å². The molecule has 1 N–H and O–H groups in total. The molecule has 2 aromatic rings. The van der Waals surface area contributed by atoms with Crippen LogP contribution >= 0.6 is 0 Å². The summed E-state index contributed by atoms with van der Waals surface area (Å²) in [6, 6.07) is 14.6. The van der Waals surface area contributed by atoms with E-state index in [1.54, 1.807) is 24.3 Å². The lowest BCUT2D eigenvalue weighted by Gasteiger charge is -2.15. The van der Waals surface area contributed by atoms with Gasteiger partial charge in [-0.25, -0.2) is 0 Å².